The van der Waals surface area contributed by atoms with Gasteiger partial charge in [-0.3, -0.25) is 4.79 Å². The molecule has 2 heterocycles. The number of halogens is 1. The fourth-order valence-corrected chi connectivity index (χ4v) is 4.29. The van der Waals surface area contributed by atoms with Crippen molar-refractivity contribution in [1.29, 1.82) is 0 Å². The molecule has 0 saturated heterocycles. The number of nitrogens with zero attached hydrogens (tertiary/aromatic N) is 3. The van der Waals surface area contributed by atoms with Crippen LogP contribution in [0.2, 0.25) is 0 Å². The Kier molecular flexibility index (Phi) is 4.14. The van der Waals surface area contributed by atoms with Crippen molar-refractivity contribution in [3.63, 3.8) is 0 Å². The lowest BCUT2D eigenvalue weighted by molar-refractivity contribution is -0.118. The molecule has 0 radical (unpaired) electrons. The molecule has 1 unspecified atom stereocenters. The topological polar surface area (TPSA) is 59.8 Å². The van der Waals surface area contributed by atoms with Gasteiger partial charge in [0.25, 0.3) is 0 Å². The Hall–Kier alpha value is -2.15. The van der Waals surface area contributed by atoms with Crippen molar-refractivity contribution in [3.05, 3.63) is 46.9 Å². The van der Waals surface area contributed by atoms with E-state index in [0.717, 1.165) is 29.0 Å². The summed E-state index contributed by atoms with van der Waals surface area (Å²) in [6.07, 6.45) is 1.26. The number of benzene rings is 1. The second-order valence-electron chi connectivity index (χ2n) is 7.51. The highest BCUT2D eigenvalue weighted by Gasteiger charge is 2.41. The number of allylic oxidation sites excluding steroid dienone is 2. The summed E-state index contributed by atoms with van der Waals surface area (Å²) in [5.74, 6) is 1.32. The van der Waals surface area contributed by atoms with Crippen molar-refractivity contribution in [2.75, 3.05) is 11.1 Å². The molecule has 0 bridgehead atoms. The zero-order valence-electron chi connectivity index (χ0n) is 15.0. The lowest BCUT2D eigenvalue weighted by Gasteiger charge is -2.38. The second-order valence-corrected chi connectivity index (χ2v) is 8.74. The van der Waals surface area contributed by atoms with Gasteiger partial charge in [-0.1, -0.05) is 44.7 Å². The molecule has 0 spiro atoms. The van der Waals surface area contributed by atoms with Crippen molar-refractivity contribution in [3.8, 4) is 0 Å². The molecule has 2 aliphatic rings. The molecule has 1 aliphatic carbocycles. The molecule has 7 heteroatoms. The minimum Gasteiger partial charge on any atom is -0.328 e. The van der Waals surface area contributed by atoms with E-state index in [1.54, 1.807) is 28.6 Å². The molecule has 1 aromatic carbocycles. The van der Waals surface area contributed by atoms with Crippen LogP contribution in [0.4, 0.5) is 10.3 Å². The van der Waals surface area contributed by atoms with Gasteiger partial charge in [-0.25, -0.2) is 9.07 Å². The highest BCUT2D eigenvalue weighted by molar-refractivity contribution is 7.99. The van der Waals surface area contributed by atoms with Gasteiger partial charge in [0.2, 0.25) is 11.1 Å². The lowest BCUT2D eigenvalue weighted by Crippen LogP contribution is -2.36. The van der Waals surface area contributed by atoms with Crippen LogP contribution in [0.25, 0.3) is 0 Å². The van der Waals surface area contributed by atoms with Crippen LogP contribution in [0.3, 0.4) is 0 Å². The molecule has 2 aromatic rings. The SMILES string of the molecule is CCSc1nc2n(n1)C(c1ccc(F)cc1)C1=C(CC(C)(C)CC1=O)N2. The van der Waals surface area contributed by atoms with Crippen LogP contribution in [0.5, 0.6) is 0 Å². The quantitative estimate of drug-likeness (QED) is 0.819. The van der Waals surface area contributed by atoms with Crippen LogP contribution in [-0.4, -0.2) is 26.3 Å². The first-order valence-electron chi connectivity index (χ1n) is 8.76. The van der Waals surface area contributed by atoms with Gasteiger partial charge in [0.05, 0.1) is 0 Å². The molecule has 0 amide bonds. The molecular formula is C19H21FN4OS. The van der Waals surface area contributed by atoms with Gasteiger partial charge in [0.1, 0.15) is 11.9 Å². The number of fused-ring (bicyclic) bond motifs is 1. The van der Waals surface area contributed by atoms with Gasteiger partial charge < -0.3 is 5.32 Å². The maximum absolute atomic E-state index is 13.4. The van der Waals surface area contributed by atoms with E-state index in [0.29, 0.717) is 17.5 Å². The number of hydrogen-bond donors (Lipinski definition) is 1. The van der Waals surface area contributed by atoms with Crippen LogP contribution >= 0.6 is 11.8 Å². The third-order valence-electron chi connectivity index (χ3n) is 4.77. The Morgan fingerprint density at radius 1 is 1.31 bits per heavy atom. The smallest absolute Gasteiger partial charge is 0.227 e. The van der Waals surface area contributed by atoms with E-state index in [4.69, 9.17) is 0 Å². The van der Waals surface area contributed by atoms with E-state index in [1.807, 2.05) is 6.92 Å². The van der Waals surface area contributed by atoms with Gasteiger partial charge in [-0.15, -0.1) is 5.10 Å². The average Bonchev–Trinajstić information content (AvgIpc) is 2.95. The van der Waals surface area contributed by atoms with E-state index in [9.17, 15) is 9.18 Å². The standard InChI is InChI=1S/C19H21FN4OS/c1-4-26-18-22-17-21-13-9-19(2,3)10-14(25)15(13)16(24(17)23-18)11-5-7-12(20)8-6-11/h5-8,16H,4,9-10H2,1-3H3,(H,21,22,23). The Balaban J connectivity index is 1.87. The highest BCUT2D eigenvalue weighted by Crippen LogP contribution is 2.45. The first kappa shape index (κ1) is 17.3. The zero-order chi connectivity index (χ0) is 18.5. The Morgan fingerprint density at radius 3 is 2.73 bits per heavy atom. The number of Topliss-reactive ketones (excluding diaryl/α,β-unsaturated/α-hetero) is 1. The maximum atomic E-state index is 13.4. The lowest BCUT2D eigenvalue weighted by atomic mass is 9.73. The summed E-state index contributed by atoms with van der Waals surface area (Å²) in [6, 6.07) is 5.92. The molecule has 4 rings (SSSR count). The molecule has 0 saturated carbocycles. The molecular weight excluding hydrogens is 351 g/mol. The second kappa shape index (κ2) is 6.23. The number of ketones is 1. The molecule has 5 nitrogen and oxygen atoms in total. The fraction of sp³-hybridized carbons (Fsp3) is 0.421. The molecule has 1 aliphatic heterocycles. The molecule has 0 fully saturated rings. The summed E-state index contributed by atoms with van der Waals surface area (Å²) in [5.41, 5.74) is 2.38. The summed E-state index contributed by atoms with van der Waals surface area (Å²) in [5, 5.41) is 8.62. The summed E-state index contributed by atoms with van der Waals surface area (Å²) < 4.78 is 15.2. The first-order valence-corrected chi connectivity index (χ1v) is 9.74. The van der Waals surface area contributed by atoms with E-state index in [1.165, 1.54) is 12.1 Å². The van der Waals surface area contributed by atoms with Crippen molar-refractivity contribution in [1.82, 2.24) is 14.8 Å². The number of carbonyl (C=O) groups is 1. The number of nitrogens with one attached hydrogen (secondary N) is 1. The third kappa shape index (κ3) is 2.94. The maximum Gasteiger partial charge on any atom is 0.227 e. The number of hydrogen-bond acceptors (Lipinski definition) is 5. The summed E-state index contributed by atoms with van der Waals surface area (Å²) in [7, 11) is 0. The molecule has 136 valence electrons. The summed E-state index contributed by atoms with van der Waals surface area (Å²) in [6.45, 7) is 6.24. The fourth-order valence-electron chi connectivity index (χ4n) is 3.73. The number of carbonyl (C=O) groups excluding carboxylic acids is 1. The minimum atomic E-state index is -0.371. The molecule has 1 aromatic heterocycles. The van der Waals surface area contributed by atoms with E-state index in [-0.39, 0.29) is 23.1 Å². The van der Waals surface area contributed by atoms with Gasteiger partial charge in [0.15, 0.2) is 5.78 Å². The van der Waals surface area contributed by atoms with Gasteiger partial charge in [-0.2, -0.15) is 4.98 Å². The van der Waals surface area contributed by atoms with Crippen LogP contribution < -0.4 is 5.32 Å². The van der Waals surface area contributed by atoms with Crippen molar-refractivity contribution in [2.24, 2.45) is 5.41 Å². The minimum absolute atomic E-state index is 0.0978. The monoisotopic (exact) mass is 372 g/mol. The first-order chi connectivity index (χ1) is 12.4. The van der Waals surface area contributed by atoms with E-state index in [2.05, 4.69) is 29.2 Å². The largest absolute Gasteiger partial charge is 0.328 e. The normalized spacial score (nSPS) is 21.2. The number of anilines is 1. The summed E-state index contributed by atoms with van der Waals surface area (Å²) >= 11 is 1.56. The Labute approximate surface area is 156 Å². The molecule has 1 N–H and O–H groups in total. The summed E-state index contributed by atoms with van der Waals surface area (Å²) in [4.78, 5) is 17.6. The van der Waals surface area contributed by atoms with Crippen molar-refractivity contribution < 1.29 is 9.18 Å². The van der Waals surface area contributed by atoms with Crippen LogP contribution in [-0.2, 0) is 4.79 Å². The Bertz CT molecular complexity index is 901. The molecule has 26 heavy (non-hydrogen) atoms. The van der Waals surface area contributed by atoms with Gasteiger partial charge in [0, 0.05) is 17.7 Å². The predicted octanol–water partition coefficient (Wildman–Crippen LogP) is 4.19. The zero-order valence-corrected chi connectivity index (χ0v) is 15.9. The van der Waals surface area contributed by atoms with Crippen molar-refractivity contribution in [2.45, 2.75) is 44.8 Å². The number of thioether (sulfide) groups is 1. The average molecular weight is 372 g/mol. The van der Waals surface area contributed by atoms with E-state index >= 15 is 0 Å². The molecule has 1 atom stereocenters. The van der Waals surface area contributed by atoms with Gasteiger partial charge >= 0.3 is 0 Å². The highest BCUT2D eigenvalue weighted by atomic mass is 32.2. The predicted molar refractivity (Wildman–Crippen MR) is 99.6 cm³/mol. The Morgan fingerprint density at radius 2 is 2.04 bits per heavy atom. The van der Waals surface area contributed by atoms with Crippen molar-refractivity contribution >= 4 is 23.5 Å². The van der Waals surface area contributed by atoms with Crippen LogP contribution in [0.15, 0.2) is 40.7 Å². The van der Waals surface area contributed by atoms with Gasteiger partial charge in [-0.05, 0) is 35.3 Å². The third-order valence-corrected chi connectivity index (χ3v) is 5.49. The number of rotatable bonds is 3. The van der Waals surface area contributed by atoms with E-state index < -0.39 is 0 Å². The number of aromatic nitrogens is 3. The van der Waals surface area contributed by atoms with Crippen LogP contribution in [0, 0.1) is 11.2 Å². The van der Waals surface area contributed by atoms with Crippen LogP contribution in [0.1, 0.15) is 45.2 Å².